The van der Waals surface area contributed by atoms with E-state index in [1.165, 1.54) is 0 Å². The predicted molar refractivity (Wildman–Crippen MR) is 97.4 cm³/mol. The minimum absolute atomic E-state index is 0.229. The molecule has 1 amide bonds. The van der Waals surface area contributed by atoms with Gasteiger partial charge < -0.3 is 20.1 Å². The van der Waals surface area contributed by atoms with E-state index in [0.29, 0.717) is 52.7 Å². The first-order chi connectivity index (χ1) is 12.5. The van der Waals surface area contributed by atoms with Gasteiger partial charge in [0.1, 0.15) is 19.3 Å². The Morgan fingerprint density at radius 3 is 2.38 bits per heavy atom. The lowest BCUT2D eigenvalue weighted by atomic mass is 10.2. The number of thioether (sulfide) groups is 1. The van der Waals surface area contributed by atoms with Crippen molar-refractivity contribution in [2.75, 3.05) is 23.8 Å². The maximum atomic E-state index is 12.3. The van der Waals surface area contributed by atoms with Crippen LogP contribution < -0.4 is 20.1 Å². The number of carbonyl (C=O) groups is 1. The molecule has 1 aliphatic heterocycles. The van der Waals surface area contributed by atoms with Crippen molar-refractivity contribution in [2.45, 2.75) is 23.6 Å². The average Bonchev–Trinajstić information content (AvgIpc) is 2.62. The van der Waals surface area contributed by atoms with Crippen LogP contribution in [0.5, 0.6) is 11.5 Å². The van der Waals surface area contributed by atoms with Crippen LogP contribution in [-0.2, 0) is 4.79 Å². The van der Waals surface area contributed by atoms with Gasteiger partial charge in [0.15, 0.2) is 11.5 Å². The molecular formula is C18H18F2N2O3S. The van der Waals surface area contributed by atoms with Crippen LogP contribution in [0.25, 0.3) is 0 Å². The number of fused-ring (bicyclic) bond motifs is 1. The van der Waals surface area contributed by atoms with E-state index in [0.717, 1.165) is 0 Å². The van der Waals surface area contributed by atoms with E-state index in [9.17, 15) is 13.6 Å². The average molecular weight is 380 g/mol. The Balaban J connectivity index is 1.57. The Bertz CT molecular complexity index is 772. The fourth-order valence-corrected chi connectivity index (χ4v) is 2.92. The number of amides is 1. The molecule has 0 radical (unpaired) electrons. The Hall–Kier alpha value is -2.48. The summed E-state index contributed by atoms with van der Waals surface area (Å²) >= 11 is 0.483. The Morgan fingerprint density at radius 1 is 1.04 bits per heavy atom. The number of hydrogen-bond acceptors (Lipinski definition) is 5. The zero-order valence-electron chi connectivity index (χ0n) is 14.0. The van der Waals surface area contributed by atoms with Gasteiger partial charge in [-0.1, -0.05) is 11.8 Å². The summed E-state index contributed by atoms with van der Waals surface area (Å²) in [6.07, 6.45) is 0. The van der Waals surface area contributed by atoms with Crippen molar-refractivity contribution in [1.82, 2.24) is 0 Å². The van der Waals surface area contributed by atoms with Gasteiger partial charge in [0, 0.05) is 22.3 Å². The lowest BCUT2D eigenvalue weighted by Gasteiger charge is -2.20. The number of alkyl halides is 2. The third-order valence-electron chi connectivity index (χ3n) is 3.67. The van der Waals surface area contributed by atoms with Gasteiger partial charge in [0.05, 0.1) is 0 Å². The first kappa shape index (κ1) is 18.3. The number of benzene rings is 2. The normalized spacial score (nSPS) is 14.0. The van der Waals surface area contributed by atoms with E-state index in [2.05, 4.69) is 10.6 Å². The van der Waals surface area contributed by atoms with Crippen LogP contribution in [0.15, 0.2) is 47.4 Å². The number of nitrogens with one attached hydrogen (secondary N) is 2. The van der Waals surface area contributed by atoms with Gasteiger partial charge in [0.25, 0.3) is 5.76 Å². The van der Waals surface area contributed by atoms with Crippen LogP contribution in [-0.4, -0.2) is 30.9 Å². The molecule has 1 aliphatic rings. The van der Waals surface area contributed by atoms with Gasteiger partial charge in [-0.15, -0.1) is 0 Å². The van der Waals surface area contributed by atoms with E-state index in [1.54, 1.807) is 49.4 Å². The molecule has 2 aromatic rings. The van der Waals surface area contributed by atoms with Crippen LogP contribution in [0, 0.1) is 0 Å². The van der Waals surface area contributed by atoms with E-state index < -0.39 is 11.8 Å². The number of anilines is 2. The standard InChI is InChI=1S/C18H18F2N2O3S/c1-11(21-12-2-5-14(6-3-12)26-18(19)20)17(23)22-13-4-7-15-16(10-13)25-9-8-24-15/h2-7,10-11,18,21H,8-9H2,1H3,(H,22,23)/t11-/m0/s1. The highest BCUT2D eigenvalue weighted by atomic mass is 32.2. The third kappa shape index (κ3) is 4.78. The number of carbonyl (C=O) groups excluding carboxylic acids is 1. The molecule has 0 fully saturated rings. The topological polar surface area (TPSA) is 59.6 Å². The Labute approximate surface area is 154 Å². The Morgan fingerprint density at radius 2 is 1.69 bits per heavy atom. The molecule has 138 valence electrons. The lowest BCUT2D eigenvalue weighted by molar-refractivity contribution is -0.116. The van der Waals surface area contributed by atoms with Gasteiger partial charge in [-0.05, 0) is 43.3 Å². The van der Waals surface area contributed by atoms with Crippen LogP contribution in [0.2, 0.25) is 0 Å². The summed E-state index contributed by atoms with van der Waals surface area (Å²) in [5.74, 6) is -1.43. The lowest BCUT2D eigenvalue weighted by Crippen LogP contribution is -2.31. The van der Waals surface area contributed by atoms with E-state index in [-0.39, 0.29) is 5.91 Å². The van der Waals surface area contributed by atoms with Crippen molar-refractivity contribution < 1.29 is 23.0 Å². The van der Waals surface area contributed by atoms with Crippen LogP contribution in [0.1, 0.15) is 6.92 Å². The molecule has 0 unspecified atom stereocenters. The largest absolute Gasteiger partial charge is 0.486 e. The van der Waals surface area contributed by atoms with Crippen LogP contribution in [0.3, 0.4) is 0 Å². The predicted octanol–water partition coefficient (Wildman–Crippen LogP) is 4.21. The van der Waals surface area contributed by atoms with Crippen molar-refractivity contribution in [3.05, 3.63) is 42.5 Å². The summed E-state index contributed by atoms with van der Waals surface area (Å²) in [6.45, 7) is 2.70. The summed E-state index contributed by atoms with van der Waals surface area (Å²) in [6, 6.07) is 11.2. The molecule has 0 spiro atoms. The van der Waals surface area contributed by atoms with E-state index >= 15 is 0 Å². The molecule has 1 heterocycles. The van der Waals surface area contributed by atoms with Gasteiger partial charge in [-0.25, -0.2) is 0 Å². The zero-order chi connectivity index (χ0) is 18.5. The molecule has 5 nitrogen and oxygen atoms in total. The molecular weight excluding hydrogens is 362 g/mol. The van der Waals surface area contributed by atoms with Crippen LogP contribution in [0.4, 0.5) is 20.2 Å². The molecule has 2 aromatic carbocycles. The highest BCUT2D eigenvalue weighted by Crippen LogP contribution is 2.32. The molecule has 2 N–H and O–H groups in total. The van der Waals surface area contributed by atoms with Crippen molar-refractivity contribution in [1.29, 1.82) is 0 Å². The Kier molecular flexibility index (Phi) is 5.82. The molecule has 0 aromatic heterocycles. The quantitative estimate of drug-likeness (QED) is 0.735. The fourth-order valence-electron chi connectivity index (χ4n) is 2.42. The first-order valence-corrected chi connectivity index (χ1v) is 8.91. The maximum absolute atomic E-state index is 12.3. The molecule has 0 aliphatic carbocycles. The highest BCUT2D eigenvalue weighted by molar-refractivity contribution is 7.99. The van der Waals surface area contributed by atoms with Crippen molar-refractivity contribution in [3.63, 3.8) is 0 Å². The van der Waals surface area contributed by atoms with E-state index in [1.807, 2.05) is 0 Å². The second kappa shape index (κ2) is 8.27. The minimum atomic E-state index is -2.45. The second-order valence-electron chi connectivity index (χ2n) is 5.62. The summed E-state index contributed by atoms with van der Waals surface area (Å²) in [5.41, 5.74) is 1.28. The van der Waals surface area contributed by atoms with Crippen molar-refractivity contribution in [3.8, 4) is 11.5 Å². The fraction of sp³-hybridized carbons (Fsp3) is 0.278. The minimum Gasteiger partial charge on any atom is -0.486 e. The van der Waals surface area contributed by atoms with Gasteiger partial charge >= 0.3 is 0 Å². The van der Waals surface area contributed by atoms with Gasteiger partial charge in [-0.3, -0.25) is 4.79 Å². The van der Waals surface area contributed by atoms with Crippen LogP contribution >= 0.6 is 11.8 Å². The van der Waals surface area contributed by atoms with Crippen molar-refractivity contribution >= 4 is 29.0 Å². The van der Waals surface area contributed by atoms with Gasteiger partial charge in [-0.2, -0.15) is 8.78 Å². The maximum Gasteiger partial charge on any atom is 0.288 e. The molecule has 1 atom stereocenters. The van der Waals surface area contributed by atoms with Gasteiger partial charge in [0.2, 0.25) is 5.91 Å². The number of rotatable bonds is 6. The monoisotopic (exact) mass is 380 g/mol. The summed E-state index contributed by atoms with van der Waals surface area (Å²) in [5, 5.41) is 5.85. The van der Waals surface area contributed by atoms with Crippen molar-refractivity contribution in [2.24, 2.45) is 0 Å². The molecule has 0 saturated heterocycles. The zero-order valence-corrected chi connectivity index (χ0v) is 14.8. The number of ether oxygens (including phenoxy) is 2. The molecule has 0 bridgehead atoms. The third-order valence-corrected chi connectivity index (χ3v) is 4.39. The number of hydrogen-bond donors (Lipinski definition) is 2. The SMILES string of the molecule is C[C@H](Nc1ccc(SC(F)F)cc1)C(=O)Nc1ccc2c(c1)OCCO2. The smallest absolute Gasteiger partial charge is 0.288 e. The molecule has 26 heavy (non-hydrogen) atoms. The molecule has 3 rings (SSSR count). The first-order valence-electron chi connectivity index (χ1n) is 8.03. The summed E-state index contributed by atoms with van der Waals surface area (Å²) < 4.78 is 35.6. The molecule has 8 heteroatoms. The van der Waals surface area contributed by atoms with E-state index in [4.69, 9.17) is 9.47 Å². The highest BCUT2D eigenvalue weighted by Gasteiger charge is 2.16. The molecule has 0 saturated carbocycles. The number of halogens is 2. The summed E-state index contributed by atoms with van der Waals surface area (Å²) in [4.78, 5) is 12.8. The summed E-state index contributed by atoms with van der Waals surface area (Å²) in [7, 11) is 0. The second-order valence-corrected chi connectivity index (χ2v) is 6.68.